The molecule has 0 amide bonds. The van der Waals surface area contributed by atoms with Gasteiger partial charge in [-0.1, -0.05) is 0 Å². The SMILES string of the molecule is O=S(=O)(O)[Se]S(=O)(=O)O.[Pb]. The second-order valence-corrected chi connectivity index (χ2v) is 11.1. The standard InChI is InChI=1S/H2O6S2Se.Pb/c1-7(2,3)9-8(4,5)6;/h(H,1,2,3)(H,4,5,6);. The molecule has 60 valence electrons. The molecule has 0 aromatic heterocycles. The molecular formula is H2O6PbS2Se. The smallest absolute Gasteiger partial charge is 0 e. The molecule has 0 aliphatic carbocycles. The van der Waals surface area contributed by atoms with Crippen LogP contribution in [-0.4, -0.2) is 66.0 Å². The molecule has 0 aromatic carbocycles. The van der Waals surface area contributed by atoms with Crippen LogP contribution in [0.4, 0.5) is 0 Å². The van der Waals surface area contributed by atoms with Crippen molar-refractivity contribution < 1.29 is 25.9 Å². The molecule has 0 atom stereocenters. The zero-order valence-corrected chi connectivity index (χ0v) is 11.5. The Kier molecular flexibility index (Phi) is 5.98. The van der Waals surface area contributed by atoms with E-state index in [9.17, 15) is 16.8 Å². The van der Waals surface area contributed by atoms with Crippen molar-refractivity contribution in [2.45, 2.75) is 0 Å². The first kappa shape index (κ1) is 13.8. The van der Waals surface area contributed by atoms with Gasteiger partial charge in [-0.3, -0.25) is 0 Å². The molecule has 0 aromatic rings. The van der Waals surface area contributed by atoms with Gasteiger partial charge < -0.3 is 0 Å². The fourth-order valence-electron chi connectivity index (χ4n) is 0.109. The molecular weight excluding hydrogens is 446 g/mol. The van der Waals surface area contributed by atoms with E-state index in [1.165, 1.54) is 0 Å². The number of rotatable bonds is 2. The van der Waals surface area contributed by atoms with Crippen molar-refractivity contribution in [3.8, 4) is 0 Å². The molecule has 10 heavy (non-hydrogen) atoms. The van der Waals surface area contributed by atoms with Gasteiger partial charge >= 0.3 is 55.7 Å². The molecule has 0 saturated carbocycles. The Bertz CT molecular complexity index is 241. The summed E-state index contributed by atoms with van der Waals surface area (Å²) in [5.74, 6) is 0. The fourth-order valence-corrected chi connectivity index (χ4v) is 5.08. The van der Waals surface area contributed by atoms with Gasteiger partial charge in [-0.05, 0) is 0 Å². The third kappa shape index (κ3) is 12.0. The molecule has 0 fully saturated rings. The average molecular weight is 448 g/mol. The minimum atomic E-state index is -4.56. The van der Waals surface area contributed by atoms with Gasteiger partial charge in [-0.2, -0.15) is 0 Å². The second kappa shape index (κ2) is 4.33. The zero-order valence-electron chi connectivity index (χ0n) is 4.25. The van der Waals surface area contributed by atoms with Crippen LogP contribution in [-0.2, 0) is 17.1 Å². The van der Waals surface area contributed by atoms with Crippen LogP contribution >= 0.6 is 0 Å². The van der Waals surface area contributed by atoms with E-state index in [4.69, 9.17) is 9.11 Å². The predicted octanol–water partition coefficient (Wildman–Crippen LogP) is -2.08. The molecule has 10 heteroatoms. The quantitative estimate of drug-likeness (QED) is 0.371. The molecule has 0 rings (SSSR count). The summed E-state index contributed by atoms with van der Waals surface area (Å²) in [6.45, 7) is 0. The Hall–Kier alpha value is 1.26. The summed E-state index contributed by atoms with van der Waals surface area (Å²) in [6, 6.07) is 0. The number of hydrogen-bond donors (Lipinski definition) is 2. The van der Waals surface area contributed by atoms with Crippen molar-refractivity contribution in [1.29, 1.82) is 0 Å². The van der Waals surface area contributed by atoms with Gasteiger partial charge in [0.15, 0.2) is 0 Å². The second-order valence-electron chi connectivity index (χ2n) is 0.924. The van der Waals surface area contributed by atoms with Crippen LogP contribution in [0.3, 0.4) is 0 Å². The Labute approximate surface area is 82.3 Å². The van der Waals surface area contributed by atoms with Gasteiger partial charge in [-0.25, -0.2) is 0 Å². The maximum absolute atomic E-state index is 9.69. The van der Waals surface area contributed by atoms with E-state index in [1.54, 1.807) is 0 Å². The van der Waals surface area contributed by atoms with Gasteiger partial charge in [0.1, 0.15) is 0 Å². The topological polar surface area (TPSA) is 109 Å². The third-order valence-electron chi connectivity index (χ3n) is 0.172. The Morgan fingerprint density at radius 1 is 0.900 bits per heavy atom. The van der Waals surface area contributed by atoms with Crippen molar-refractivity contribution in [1.82, 2.24) is 0 Å². The van der Waals surface area contributed by atoms with Gasteiger partial charge in [0.25, 0.3) is 0 Å². The molecule has 0 spiro atoms. The van der Waals surface area contributed by atoms with Crippen molar-refractivity contribution in [2.75, 3.05) is 0 Å². The molecule has 0 saturated heterocycles. The van der Waals surface area contributed by atoms with Crippen molar-refractivity contribution >= 4 is 57.1 Å². The molecule has 6 nitrogen and oxygen atoms in total. The monoisotopic (exact) mass is 450 g/mol. The first-order valence-corrected chi connectivity index (χ1v) is 8.29. The van der Waals surface area contributed by atoms with E-state index in [1.807, 2.05) is 0 Å². The van der Waals surface area contributed by atoms with Crippen molar-refractivity contribution in [2.24, 2.45) is 0 Å². The minimum absolute atomic E-state index is 0. The Balaban J connectivity index is 0. The van der Waals surface area contributed by atoms with Crippen LogP contribution in [0.2, 0.25) is 0 Å². The Morgan fingerprint density at radius 3 is 1.10 bits per heavy atom. The summed E-state index contributed by atoms with van der Waals surface area (Å²) in [5, 5.41) is 0. The van der Waals surface area contributed by atoms with E-state index in [2.05, 4.69) is 0 Å². The van der Waals surface area contributed by atoms with Gasteiger partial charge in [0.2, 0.25) is 0 Å². The molecule has 0 heterocycles. The molecule has 2 N–H and O–H groups in total. The molecule has 0 aliphatic heterocycles. The maximum atomic E-state index is 9.69. The summed E-state index contributed by atoms with van der Waals surface area (Å²) in [5.41, 5.74) is 0. The summed E-state index contributed by atoms with van der Waals surface area (Å²) in [6.07, 6.45) is 0. The predicted molar refractivity (Wildman–Crippen MR) is 34.6 cm³/mol. The molecule has 0 unspecified atom stereocenters. The van der Waals surface area contributed by atoms with Crippen LogP contribution in [0.1, 0.15) is 0 Å². The van der Waals surface area contributed by atoms with Crippen LogP contribution in [0, 0.1) is 0 Å². The summed E-state index contributed by atoms with van der Waals surface area (Å²) in [4.78, 5) is 0. The first-order valence-electron chi connectivity index (χ1n) is 1.37. The van der Waals surface area contributed by atoms with Gasteiger partial charge in [0.05, 0.1) is 0 Å². The summed E-state index contributed by atoms with van der Waals surface area (Å²) < 4.78 is 54.4. The van der Waals surface area contributed by atoms with Crippen LogP contribution in [0.5, 0.6) is 0 Å². The Morgan fingerprint density at radius 2 is 1.10 bits per heavy atom. The van der Waals surface area contributed by atoms with Crippen molar-refractivity contribution in [3.63, 3.8) is 0 Å². The maximum Gasteiger partial charge on any atom is 0 e. The zero-order chi connectivity index (χ0) is 7.71. The minimum Gasteiger partial charge on any atom is 0 e. The van der Waals surface area contributed by atoms with Crippen molar-refractivity contribution in [3.05, 3.63) is 0 Å². The van der Waals surface area contributed by atoms with Gasteiger partial charge in [-0.15, -0.1) is 0 Å². The normalized spacial score (nSPS) is 12.2. The fraction of sp³-hybridized carbons (Fsp3) is 0. The molecule has 4 radical (unpaired) electrons. The molecule has 0 bridgehead atoms. The first-order chi connectivity index (χ1) is 3.71. The van der Waals surface area contributed by atoms with E-state index in [0.29, 0.717) is 0 Å². The van der Waals surface area contributed by atoms with E-state index in [-0.39, 0.29) is 27.3 Å². The van der Waals surface area contributed by atoms with Gasteiger partial charge in [0, 0.05) is 27.3 Å². The van der Waals surface area contributed by atoms with E-state index in [0.717, 1.165) is 0 Å². The largest absolute Gasteiger partial charge is 0 e. The molecule has 0 aliphatic rings. The third-order valence-corrected chi connectivity index (χ3v) is 8.04. The van der Waals surface area contributed by atoms with E-state index < -0.39 is 29.8 Å². The van der Waals surface area contributed by atoms with Crippen LogP contribution in [0.25, 0.3) is 0 Å². The average Bonchev–Trinajstić information content (AvgIpc) is 1.14. The van der Waals surface area contributed by atoms with Crippen LogP contribution < -0.4 is 0 Å². The van der Waals surface area contributed by atoms with E-state index >= 15 is 0 Å². The number of hydrogen-bond acceptors (Lipinski definition) is 4. The summed E-state index contributed by atoms with van der Waals surface area (Å²) >= 11 is -2.19. The van der Waals surface area contributed by atoms with Crippen LogP contribution in [0.15, 0.2) is 0 Å². The summed E-state index contributed by atoms with van der Waals surface area (Å²) in [7, 11) is -9.11.